The van der Waals surface area contributed by atoms with Crippen molar-refractivity contribution in [2.45, 2.75) is 26.8 Å². The van der Waals surface area contributed by atoms with E-state index in [0.717, 1.165) is 29.3 Å². The fourth-order valence-electron chi connectivity index (χ4n) is 2.00. The Balaban J connectivity index is 1.92. The number of nitrogens with one attached hydrogen (secondary N) is 2. The molecule has 4 nitrogen and oxygen atoms in total. The quantitative estimate of drug-likeness (QED) is 0.629. The molecule has 0 aliphatic heterocycles. The topological polar surface area (TPSA) is 49.3 Å². The Hall–Kier alpha value is -2.02. The van der Waals surface area contributed by atoms with Crippen LogP contribution in [0.15, 0.2) is 28.6 Å². The molecule has 0 saturated heterocycles. The number of rotatable bonds is 6. The van der Waals surface area contributed by atoms with Crippen LogP contribution in [0.5, 0.6) is 0 Å². The maximum atomic E-state index is 13.6. The van der Waals surface area contributed by atoms with Gasteiger partial charge in [0.05, 0.1) is 17.2 Å². The molecule has 0 radical (unpaired) electrons. The van der Waals surface area contributed by atoms with Crippen molar-refractivity contribution in [1.29, 1.82) is 0 Å². The van der Waals surface area contributed by atoms with Gasteiger partial charge in [-0.1, -0.05) is 0 Å². The van der Waals surface area contributed by atoms with Gasteiger partial charge in [0, 0.05) is 30.5 Å². The SMILES string of the molecule is CCNC(=NCc1cc(F)ccc1F)NCCc1csc(C)n1. The van der Waals surface area contributed by atoms with Crippen molar-refractivity contribution >= 4 is 17.3 Å². The monoisotopic (exact) mass is 338 g/mol. The van der Waals surface area contributed by atoms with Crippen LogP contribution in [0.2, 0.25) is 0 Å². The van der Waals surface area contributed by atoms with Gasteiger partial charge in [-0.25, -0.2) is 18.8 Å². The maximum absolute atomic E-state index is 13.6. The summed E-state index contributed by atoms with van der Waals surface area (Å²) in [6.07, 6.45) is 0.781. The third kappa shape index (κ3) is 5.59. The zero-order chi connectivity index (χ0) is 16.7. The molecule has 0 spiro atoms. The lowest BCUT2D eigenvalue weighted by Crippen LogP contribution is -2.38. The summed E-state index contributed by atoms with van der Waals surface area (Å²) in [6, 6.07) is 3.38. The molecule has 2 N–H and O–H groups in total. The zero-order valence-corrected chi connectivity index (χ0v) is 14.0. The lowest BCUT2D eigenvalue weighted by molar-refractivity contribution is 0.585. The summed E-state index contributed by atoms with van der Waals surface area (Å²) in [4.78, 5) is 8.69. The molecule has 0 fully saturated rings. The number of aliphatic imine (C=N–C) groups is 1. The van der Waals surface area contributed by atoms with E-state index in [1.807, 2.05) is 19.2 Å². The molecule has 0 unspecified atom stereocenters. The molecule has 124 valence electrons. The van der Waals surface area contributed by atoms with Crippen molar-refractivity contribution in [2.24, 2.45) is 4.99 Å². The fourth-order valence-corrected chi connectivity index (χ4v) is 2.65. The molecule has 23 heavy (non-hydrogen) atoms. The molecule has 7 heteroatoms. The summed E-state index contributed by atoms with van der Waals surface area (Å²) >= 11 is 1.62. The van der Waals surface area contributed by atoms with Crippen molar-refractivity contribution in [2.75, 3.05) is 13.1 Å². The van der Waals surface area contributed by atoms with Crippen LogP contribution in [-0.4, -0.2) is 24.0 Å². The maximum Gasteiger partial charge on any atom is 0.191 e. The van der Waals surface area contributed by atoms with Gasteiger partial charge in [-0.05, 0) is 32.0 Å². The molecule has 2 aromatic rings. The fraction of sp³-hybridized carbons (Fsp3) is 0.375. The van der Waals surface area contributed by atoms with Gasteiger partial charge in [0.2, 0.25) is 0 Å². The Labute approximate surface area is 138 Å². The molecule has 0 amide bonds. The molecular formula is C16H20F2N4S. The summed E-state index contributed by atoms with van der Waals surface area (Å²) in [5, 5.41) is 9.33. The van der Waals surface area contributed by atoms with Gasteiger partial charge in [-0.2, -0.15) is 0 Å². The van der Waals surface area contributed by atoms with Gasteiger partial charge in [-0.3, -0.25) is 0 Å². The Morgan fingerprint density at radius 2 is 2.13 bits per heavy atom. The zero-order valence-electron chi connectivity index (χ0n) is 13.2. The van der Waals surface area contributed by atoms with Gasteiger partial charge < -0.3 is 10.6 Å². The lowest BCUT2D eigenvalue weighted by Gasteiger charge is -2.11. The number of hydrogen-bond donors (Lipinski definition) is 2. The van der Waals surface area contributed by atoms with E-state index in [0.29, 0.717) is 19.0 Å². The molecule has 0 atom stereocenters. The number of hydrogen-bond acceptors (Lipinski definition) is 3. The van der Waals surface area contributed by atoms with Crippen molar-refractivity contribution in [3.8, 4) is 0 Å². The van der Waals surface area contributed by atoms with Crippen LogP contribution in [0.25, 0.3) is 0 Å². The first-order valence-corrected chi connectivity index (χ1v) is 8.33. The molecular weight excluding hydrogens is 318 g/mol. The third-order valence-corrected chi connectivity index (χ3v) is 3.92. The van der Waals surface area contributed by atoms with Gasteiger partial charge in [-0.15, -0.1) is 11.3 Å². The molecule has 0 bridgehead atoms. The molecule has 0 aliphatic rings. The van der Waals surface area contributed by atoms with Crippen molar-refractivity contribution < 1.29 is 8.78 Å². The van der Waals surface area contributed by atoms with E-state index in [1.165, 1.54) is 6.07 Å². The molecule has 0 saturated carbocycles. The van der Waals surface area contributed by atoms with Gasteiger partial charge in [0.1, 0.15) is 11.6 Å². The van der Waals surface area contributed by atoms with E-state index < -0.39 is 11.6 Å². The van der Waals surface area contributed by atoms with E-state index in [4.69, 9.17) is 0 Å². The van der Waals surface area contributed by atoms with E-state index in [9.17, 15) is 8.78 Å². The van der Waals surface area contributed by atoms with Crippen LogP contribution in [0.3, 0.4) is 0 Å². The first-order valence-electron chi connectivity index (χ1n) is 7.45. The predicted octanol–water partition coefficient (Wildman–Crippen LogP) is 3.03. The number of aromatic nitrogens is 1. The summed E-state index contributed by atoms with van der Waals surface area (Å²) in [5.74, 6) is -0.347. The second-order valence-electron chi connectivity index (χ2n) is 4.97. The second kappa shape index (κ2) is 8.57. The van der Waals surface area contributed by atoms with E-state index >= 15 is 0 Å². The average molecular weight is 338 g/mol. The minimum absolute atomic E-state index is 0.0781. The molecule has 0 aliphatic carbocycles. The van der Waals surface area contributed by atoms with Crippen molar-refractivity contribution in [1.82, 2.24) is 15.6 Å². The Morgan fingerprint density at radius 3 is 2.83 bits per heavy atom. The number of thiazole rings is 1. The number of halogens is 2. The van der Waals surface area contributed by atoms with Crippen molar-refractivity contribution in [3.63, 3.8) is 0 Å². The standard InChI is InChI=1S/C16H20F2N4S/c1-3-19-16(20-7-6-14-10-23-11(2)22-14)21-9-12-8-13(17)4-5-15(12)18/h4-5,8,10H,3,6-7,9H2,1-2H3,(H2,19,20,21). The van der Waals surface area contributed by atoms with Crippen LogP contribution in [0.1, 0.15) is 23.2 Å². The Bertz CT molecular complexity index is 670. The Kier molecular flexibility index (Phi) is 6.46. The summed E-state index contributed by atoms with van der Waals surface area (Å²) in [6.45, 7) is 5.35. The molecule has 1 aromatic carbocycles. The largest absolute Gasteiger partial charge is 0.357 e. The van der Waals surface area contributed by atoms with Crippen LogP contribution in [0, 0.1) is 18.6 Å². The first kappa shape index (κ1) is 17.3. The highest BCUT2D eigenvalue weighted by Crippen LogP contribution is 2.11. The second-order valence-corrected chi connectivity index (χ2v) is 6.03. The summed E-state index contributed by atoms with van der Waals surface area (Å²) in [5.41, 5.74) is 1.27. The Morgan fingerprint density at radius 1 is 1.30 bits per heavy atom. The van der Waals surface area contributed by atoms with Gasteiger partial charge in [0.15, 0.2) is 5.96 Å². The number of benzene rings is 1. The van der Waals surface area contributed by atoms with E-state index in [1.54, 1.807) is 11.3 Å². The molecule has 1 aromatic heterocycles. The normalized spacial score (nSPS) is 11.6. The number of aryl methyl sites for hydroxylation is 1. The van der Waals surface area contributed by atoms with E-state index in [2.05, 4.69) is 20.6 Å². The van der Waals surface area contributed by atoms with Crippen LogP contribution in [-0.2, 0) is 13.0 Å². The highest BCUT2D eigenvalue weighted by molar-refractivity contribution is 7.09. The van der Waals surface area contributed by atoms with Gasteiger partial charge >= 0.3 is 0 Å². The van der Waals surface area contributed by atoms with Crippen molar-refractivity contribution in [3.05, 3.63) is 51.5 Å². The van der Waals surface area contributed by atoms with Crippen LogP contribution in [0.4, 0.5) is 8.78 Å². The van der Waals surface area contributed by atoms with Crippen LogP contribution < -0.4 is 10.6 Å². The highest BCUT2D eigenvalue weighted by Gasteiger charge is 2.05. The molecule has 2 rings (SSSR count). The summed E-state index contributed by atoms with van der Waals surface area (Å²) < 4.78 is 26.8. The van der Waals surface area contributed by atoms with Crippen LogP contribution >= 0.6 is 11.3 Å². The minimum atomic E-state index is -0.464. The first-order chi connectivity index (χ1) is 11.1. The number of nitrogens with zero attached hydrogens (tertiary/aromatic N) is 2. The third-order valence-electron chi connectivity index (χ3n) is 3.10. The minimum Gasteiger partial charge on any atom is -0.357 e. The van der Waals surface area contributed by atoms with E-state index in [-0.39, 0.29) is 12.1 Å². The smallest absolute Gasteiger partial charge is 0.191 e. The summed E-state index contributed by atoms with van der Waals surface area (Å²) in [7, 11) is 0. The lowest BCUT2D eigenvalue weighted by atomic mass is 10.2. The highest BCUT2D eigenvalue weighted by atomic mass is 32.1. The molecule has 1 heterocycles. The number of guanidine groups is 1. The average Bonchev–Trinajstić information content (AvgIpc) is 2.93. The van der Waals surface area contributed by atoms with Gasteiger partial charge in [0.25, 0.3) is 0 Å². The predicted molar refractivity (Wildman–Crippen MR) is 89.7 cm³/mol.